The van der Waals surface area contributed by atoms with Gasteiger partial charge in [0.2, 0.25) is 0 Å². The van der Waals surface area contributed by atoms with Crippen LogP contribution in [-0.2, 0) is 0 Å². The molecule has 0 aliphatic carbocycles. The second-order valence-corrected chi connectivity index (χ2v) is 4.39. The summed E-state index contributed by atoms with van der Waals surface area (Å²) in [4.78, 5) is 7.50. The number of nitroso groups, excluding NO2 is 1. The molecule has 1 fully saturated rings. The molecular weight excluding hydrogens is 140 g/mol. The largest absolute Gasteiger partial charge is 0.307 e. The van der Waals surface area contributed by atoms with Crippen LogP contribution in [0.25, 0.3) is 0 Å². The zero-order valence-corrected chi connectivity index (χ0v) is 7.82. The van der Waals surface area contributed by atoms with Crippen molar-refractivity contribution in [3.05, 3.63) is 4.91 Å². The lowest BCUT2D eigenvalue weighted by atomic mass is 10.0. The van der Waals surface area contributed by atoms with Gasteiger partial charge in [0.05, 0.1) is 0 Å². The molecule has 0 spiro atoms. The van der Waals surface area contributed by atoms with Crippen LogP contribution in [0.2, 0.25) is 0 Å². The summed E-state index contributed by atoms with van der Waals surface area (Å²) in [6.45, 7) is 9.06. The maximum absolute atomic E-state index is 7.50. The molecule has 2 N–H and O–H groups in total. The van der Waals surface area contributed by atoms with Gasteiger partial charge in [0.15, 0.2) is 0 Å². The van der Waals surface area contributed by atoms with E-state index in [4.69, 9.17) is 4.91 Å². The van der Waals surface area contributed by atoms with Gasteiger partial charge in [-0.15, -0.1) is 0 Å². The Bertz CT molecular complexity index is 118. The predicted molar refractivity (Wildman–Crippen MR) is 46.6 cm³/mol. The smallest absolute Gasteiger partial charge is 0.0130 e. The van der Waals surface area contributed by atoms with E-state index in [1.165, 1.54) is 12.8 Å². The number of rotatable bonds is 0. The van der Waals surface area contributed by atoms with Gasteiger partial charge in [-0.3, -0.25) is 0 Å². The third-order valence-corrected chi connectivity index (χ3v) is 2.05. The Hall–Kier alpha value is -0.440. The van der Waals surface area contributed by atoms with Gasteiger partial charge in [-0.05, 0) is 40.5 Å². The molecule has 1 aliphatic rings. The summed E-state index contributed by atoms with van der Waals surface area (Å²) >= 11 is 0. The quantitative estimate of drug-likeness (QED) is 0.531. The molecule has 0 aromatic heterocycles. The standard InChI is InChI=1S/C8H17N.HNO/c1-7(2)5-6-8(3,4)9-7;1-2/h9H,5-6H2,1-4H3;1H. The van der Waals surface area contributed by atoms with Gasteiger partial charge >= 0.3 is 0 Å². The predicted octanol–water partition coefficient (Wildman–Crippen LogP) is 2.26. The van der Waals surface area contributed by atoms with E-state index in [0.29, 0.717) is 11.1 Å². The molecule has 0 atom stereocenters. The summed E-state index contributed by atoms with van der Waals surface area (Å²) in [6, 6.07) is 0. The topological polar surface area (TPSA) is 53.0 Å². The molecule has 0 unspecified atom stereocenters. The van der Waals surface area contributed by atoms with E-state index in [1.54, 1.807) is 0 Å². The molecule has 0 amide bonds. The van der Waals surface area contributed by atoms with Crippen LogP contribution >= 0.6 is 0 Å². The minimum atomic E-state index is 0.378. The fraction of sp³-hybridized carbons (Fsp3) is 1.00. The van der Waals surface area contributed by atoms with Gasteiger partial charge in [0.1, 0.15) is 0 Å². The number of hydrogen-bond donors (Lipinski definition) is 2. The van der Waals surface area contributed by atoms with E-state index >= 15 is 0 Å². The van der Waals surface area contributed by atoms with Gasteiger partial charge < -0.3 is 5.32 Å². The van der Waals surface area contributed by atoms with Crippen LogP contribution < -0.4 is 5.32 Å². The fourth-order valence-corrected chi connectivity index (χ4v) is 1.67. The van der Waals surface area contributed by atoms with Crippen molar-refractivity contribution in [2.45, 2.75) is 51.6 Å². The van der Waals surface area contributed by atoms with Crippen LogP contribution in [-0.4, -0.2) is 11.1 Å². The summed E-state index contributed by atoms with van der Waals surface area (Å²) in [5.41, 5.74) is 5.26. The minimum absolute atomic E-state index is 0.378. The Labute approximate surface area is 68.3 Å². The SMILES string of the molecule is CC1(C)CCC(C)(C)N1.N=O. The summed E-state index contributed by atoms with van der Waals surface area (Å²) < 4.78 is 0. The van der Waals surface area contributed by atoms with Crippen LogP contribution in [0.15, 0.2) is 0 Å². The fourth-order valence-electron chi connectivity index (χ4n) is 1.67. The summed E-state index contributed by atoms with van der Waals surface area (Å²) in [7, 11) is 0. The normalized spacial score (nSPS) is 25.5. The molecule has 0 saturated carbocycles. The summed E-state index contributed by atoms with van der Waals surface area (Å²) in [5.74, 6) is 0. The molecule has 3 nitrogen and oxygen atoms in total. The third-order valence-electron chi connectivity index (χ3n) is 2.05. The van der Waals surface area contributed by atoms with E-state index in [0.717, 1.165) is 0 Å². The molecule has 0 bridgehead atoms. The second-order valence-electron chi connectivity index (χ2n) is 4.39. The van der Waals surface area contributed by atoms with Crippen molar-refractivity contribution in [1.82, 2.24) is 5.32 Å². The third kappa shape index (κ3) is 3.46. The summed E-state index contributed by atoms with van der Waals surface area (Å²) in [6.07, 6.45) is 2.61. The molecule has 66 valence electrons. The van der Waals surface area contributed by atoms with E-state index < -0.39 is 0 Å². The molecule has 0 aromatic carbocycles. The Morgan fingerprint density at radius 1 is 1.00 bits per heavy atom. The van der Waals surface area contributed by atoms with Gasteiger partial charge in [-0.2, -0.15) is 4.91 Å². The first kappa shape index (κ1) is 10.6. The van der Waals surface area contributed by atoms with Crippen molar-refractivity contribution in [3.8, 4) is 0 Å². The van der Waals surface area contributed by atoms with E-state index in [2.05, 4.69) is 38.6 Å². The van der Waals surface area contributed by atoms with E-state index in [1.807, 2.05) is 0 Å². The van der Waals surface area contributed by atoms with Crippen molar-refractivity contribution in [3.63, 3.8) is 0 Å². The van der Waals surface area contributed by atoms with Crippen LogP contribution in [0.5, 0.6) is 0 Å². The van der Waals surface area contributed by atoms with Crippen molar-refractivity contribution < 1.29 is 0 Å². The Kier molecular flexibility index (Phi) is 3.17. The maximum atomic E-state index is 7.50. The lowest BCUT2D eigenvalue weighted by Gasteiger charge is -2.24. The van der Waals surface area contributed by atoms with Crippen LogP contribution in [0.1, 0.15) is 40.5 Å². The highest BCUT2D eigenvalue weighted by molar-refractivity contribution is 4.96. The van der Waals surface area contributed by atoms with Crippen LogP contribution in [0, 0.1) is 10.5 Å². The average Bonchev–Trinajstić information content (AvgIpc) is 2.10. The van der Waals surface area contributed by atoms with Gasteiger partial charge in [0, 0.05) is 11.1 Å². The van der Waals surface area contributed by atoms with Gasteiger partial charge in [-0.25, -0.2) is 0 Å². The number of nitrogens with one attached hydrogen (secondary N) is 2. The Balaban J connectivity index is 0.000000461. The first-order chi connectivity index (χ1) is 4.91. The highest BCUT2D eigenvalue weighted by atomic mass is 16.2. The number of hydrogen-bond acceptors (Lipinski definition) is 3. The van der Waals surface area contributed by atoms with Crippen LogP contribution in [0.4, 0.5) is 0 Å². The molecule has 3 heteroatoms. The maximum Gasteiger partial charge on any atom is 0.0130 e. The molecular formula is C8H18N2O. The average molecular weight is 158 g/mol. The Morgan fingerprint density at radius 3 is 1.36 bits per heavy atom. The Morgan fingerprint density at radius 2 is 1.27 bits per heavy atom. The lowest BCUT2D eigenvalue weighted by Crippen LogP contribution is -2.43. The second kappa shape index (κ2) is 3.30. The lowest BCUT2D eigenvalue weighted by molar-refractivity contribution is 0.369. The van der Waals surface area contributed by atoms with Gasteiger partial charge in [0.25, 0.3) is 0 Å². The van der Waals surface area contributed by atoms with Crippen molar-refractivity contribution >= 4 is 0 Å². The van der Waals surface area contributed by atoms with Crippen molar-refractivity contribution in [1.29, 1.82) is 5.59 Å². The molecule has 1 heterocycles. The van der Waals surface area contributed by atoms with Crippen molar-refractivity contribution in [2.75, 3.05) is 0 Å². The zero-order valence-electron chi connectivity index (χ0n) is 7.82. The molecule has 1 aliphatic heterocycles. The van der Waals surface area contributed by atoms with E-state index in [-0.39, 0.29) is 0 Å². The highest BCUT2D eigenvalue weighted by Gasteiger charge is 2.34. The first-order valence-electron chi connectivity index (χ1n) is 3.91. The molecule has 0 aromatic rings. The minimum Gasteiger partial charge on any atom is -0.307 e. The molecule has 0 radical (unpaired) electrons. The van der Waals surface area contributed by atoms with Crippen LogP contribution in [0.3, 0.4) is 0 Å². The summed E-state index contributed by atoms with van der Waals surface area (Å²) in [5, 5.41) is 3.57. The molecule has 1 rings (SSSR count). The van der Waals surface area contributed by atoms with Crippen molar-refractivity contribution in [2.24, 2.45) is 0 Å². The molecule has 1 saturated heterocycles. The van der Waals surface area contributed by atoms with E-state index in [9.17, 15) is 0 Å². The molecule has 11 heavy (non-hydrogen) atoms. The zero-order chi connectivity index (χ0) is 9.12. The first-order valence-corrected chi connectivity index (χ1v) is 3.91. The highest BCUT2D eigenvalue weighted by Crippen LogP contribution is 2.29. The monoisotopic (exact) mass is 158 g/mol. The van der Waals surface area contributed by atoms with Gasteiger partial charge in [-0.1, -0.05) is 5.59 Å².